The van der Waals surface area contributed by atoms with Gasteiger partial charge in [0.25, 0.3) is 5.91 Å². The standard InChI is InChI=1S/C16H10N4O2.C9H9NO3.C7H7N3O.2C3H8/c17-20-19-13-8-6-11(7-9-13)10-14-16(21)22-15(18-14)12-4-2-1-3-5-12;11-8(12)6-10-9(13)7-4-2-1-3-5-7;1-11-7-4-2-6(3-5-7)9-10-8;2*1-3-2/h1-10H;1-5H,6H2,(H,10,13)(H,11,12);2-5H,1H3;2*3H2,1-2H3/b14-10+;;;;. The first-order valence-electron chi connectivity index (χ1n) is 16.1. The molecule has 0 atom stereocenters. The lowest BCUT2D eigenvalue weighted by atomic mass is 10.2. The van der Waals surface area contributed by atoms with Gasteiger partial charge in [-0.1, -0.05) is 111 Å². The molecule has 270 valence electrons. The topological polar surface area (TPSA) is 212 Å². The number of ether oxygens (including phenoxy) is 2. The zero-order valence-electron chi connectivity index (χ0n) is 29.7. The van der Waals surface area contributed by atoms with E-state index >= 15 is 0 Å². The molecule has 0 spiro atoms. The molecule has 5 rings (SSSR count). The van der Waals surface area contributed by atoms with Crippen molar-refractivity contribution in [1.29, 1.82) is 0 Å². The highest BCUT2D eigenvalue weighted by Crippen LogP contribution is 2.21. The number of carboxylic acids is 1. The average Bonchev–Trinajstić information content (AvgIpc) is 3.53. The number of amides is 1. The molecule has 14 heteroatoms. The zero-order chi connectivity index (χ0) is 38.6. The van der Waals surface area contributed by atoms with E-state index in [4.69, 9.17) is 25.6 Å². The molecule has 0 radical (unpaired) electrons. The van der Waals surface area contributed by atoms with Gasteiger partial charge in [-0.3, -0.25) is 9.59 Å². The highest BCUT2D eigenvalue weighted by molar-refractivity contribution is 6.12. The molecule has 0 saturated carbocycles. The number of carbonyl (C=O) groups excluding carboxylic acids is 2. The van der Waals surface area contributed by atoms with E-state index in [1.165, 1.54) is 12.8 Å². The number of aliphatic imine (C=N–C) groups is 1. The minimum atomic E-state index is -1.05. The number of nitrogens with one attached hydrogen (secondary N) is 1. The Labute approximate surface area is 302 Å². The second kappa shape index (κ2) is 26.0. The van der Waals surface area contributed by atoms with E-state index in [-0.39, 0.29) is 18.1 Å². The number of benzene rings is 4. The van der Waals surface area contributed by atoms with Crippen LogP contribution in [0.25, 0.3) is 27.0 Å². The third-order valence-electron chi connectivity index (χ3n) is 5.67. The molecule has 0 aliphatic carbocycles. The van der Waals surface area contributed by atoms with Crippen molar-refractivity contribution < 1.29 is 29.0 Å². The van der Waals surface area contributed by atoms with Gasteiger partial charge in [-0.25, -0.2) is 9.79 Å². The van der Waals surface area contributed by atoms with Crippen molar-refractivity contribution in [3.63, 3.8) is 0 Å². The van der Waals surface area contributed by atoms with Gasteiger partial charge < -0.3 is 19.9 Å². The lowest BCUT2D eigenvalue weighted by Crippen LogP contribution is -2.29. The van der Waals surface area contributed by atoms with Crippen molar-refractivity contribution in [2.24, 2.45) is 15.2 Å². The van der Waals surface area contributed by atoms with Crippen LogP contribution in [-0.4, -0.2) is 42.5 Å². The minimum Gasteiger partial charge on any atom is -0.497 e. The quantitative estimate of drug-likeness (QED) is 0.0597. The maximum Gasteiger partial charge on any atom is 0.363 e. The van der Waals surface area contributed by atoms with Crippen molar-refractivity contribution in [2.75, 3.05) is 13.7 Å². The number of nitrogens with zero attached hydrogens (tertiary/aromatic N) is 7. The summed E-state index contributed by atoms with van der Waals surface area (Å²) in [4.78, 5) is 42.7. The number of esters is 1. The summed E-state index contributed by atoms with van der Waals surface area (Å²) in [5.41, 5.74) is 19.7. The number of azide groups is 2. The Kier molecular flexibility index (Phi) is 21.6. The van der Waals surface area contributed by atoms with Crippen LogP contribution < -0.4 is 10.1 Å². The van der Waals surface area contributed by atoms with Crippen LogP contribution in [-0.2, 0) is 14.3 Å². The summed E-state index contributed by atoms with van der Waals surface area (Å²) >= 11 is 0. The van der Waals surface area contributed by atoms with Crippen LogP contribution in [0.4, 0.5) is 11.4 Å². The number of hydrogen-bond donors (Lipinski definition) is 2. The summed E-state index contributed by atoms with van der Waals surface area (Å²) in [5, 5.41) is 17.4. The van der Waals surface area contributed by atoms with Gasteiger partial charge in [0.2, 0.25) is 5.90 Å². The molecule has 4 aromatic rings. The van der Waals surface area contributed by atoms with Gasteiger partial charge in [0, 0.05) is 32.3 Å². The molecule has 0 fully saturated rings. The predicted molar refractivity (Wildman–Crippen MR) is 202 cm³/mol. The normalized spacial score (nSPS) is 11.2. The van der Waals surface area contributed by atoms with E-state index in [0.29, 0.717) is 22.8 Å². The van der Waals surface area contributed by atoms with Gasteiger partial charge in [0.15, 0.2) is 5.70 Å². The van der Waals surface area contributed by atoms with Gasteiger partial charge in [0.1, 0.15) is 12.3 Å². The molecule has 0 unspecified atom stereocenters. The van der Waals surface area contributed by atoms with Gasteiger partial charge in [-0.05, 0) is 71.2 Å². The second-order valence-electron chi connectivity index (χ2n) is 10.2. The van der Waals surface area contributed by atoms with Crippen LogP contribution in [0.2, 0.25) is 0 Å². The number of rotatable bonds is 8. The van der Waals surface area contributed by atoms with E-state index in [2.05, 4.69) is 58.1 Å². The van der Waals surface area contributed by atoms with E-state index < -0.39 is 11.9 Å². The summed E-state index contributed by atoms with van der Waals surface area (Å²) in [6, 6.07) is 31.3. The van der Waals surface area contributed by atoms with Crippen LogP contribution >= 0.6 is 0 Å². The van der Waals surface area contributed by atoms with Crippen LogP contribution in [0.3, 0.4) is 0 Å². The molecule has 1 aliphatic rings. The lowest BCUT2D eigenvalue weighted by molar-refractivity contribution is -0.135. The molecule has 14 nitrogen and oxygen atoms in total. The highest BCUT2D eigenvalue weighted by Gasteiger charge is 2.23. The first-order chi connectivity index (χ1) is 25.1. The first kappa shape index (κ1) is 43.1. The maximum absolute atomic E-state index is 11.9. The largest absolute Gasteiger partial charge is 0.497 e. The Morgan fingerprint density at radius 1 is 0.808 bits per heavy atom. The maximum atomic E-state index is 11.9. The van der Waals surface area contributed by atoms with E-state index in [0.717, 1.165) is 16.9 Å². The SMILES string of the molecule is CCC.CCC.COc1ccc(N=[N+]=[N-])cc1.O=C(O)CNC(=O)c1ccccc1.[N-]=[N+]=Nc1ccc(/C=C2/N=C(c3ccccc3)OC2=O)cc1. The summed E-state index contributed by atoms with van der Waals surface area (Å²) in [6.07, 6.45) is 4.12. The van der Waals surface area contributed by atoms with Gasteiger partial charge >= 0.3 is 11.9 Å². The fraction of sp³-hybridized carbons (Fsp3) is 0.211. The summed E-state index contributed by atoms with van der Waals surface area (Å²) in [6.45, 7) is 8.15. The number of cyclic esters (lactones) is 1. The predicted octanol–water partition coefficient (Wildman–Crippen LogP) is 9.94. The number of carboxylic acid groups (broad SMARTS) is 1. The molecule has 1 amide bonds. The second-order valence-corrected chi connectivity index (χ2v) is 10.2. The highest BCUT2D eigenvalue weighted by atomic mass is 16.6. The molecular formula is C38H42N8O6. The number of hydrogen-bond acceptors (Lipinski definition) is 8. The van der Waals surface area contributed by atoms with Crippen LogP contribution in [0, 0.1) is 0 Å². The smallest absolute Gasteiger partial charge is 0.363 e. The summed E-state index contributed by atoms with van der Waals surface area (Å²) in [7, 11) is 1.59. The van der Waals surface area contributed by atoms with Crippen molar-refractivity contribution >= 4 is 41.2 Å². The fourth-order valence-electron chi connectivity index (χ4n) is 3.51. The average molecular weight is 707 g/mol. The number of methoxy groups -OCH3 is 1. The van der Waals surface area contributed by atoms with E-state index in [9.17, 15) is 14.4 Å². The van der Waals surface area contributed by atoms with Crippen molar-refractivity contribution in [3.05, 3.63) is 152 Å². The van der Waals surface area contributed by atoms with Crippen molar-refractivity contribution in [3.8, 4) is 5.75 Å². The Morgan fingerprint density at radius 2 is 1.29 bits per heavy atom. The molecule has 0 saturated heterocycles. The molecule has 0 bridgehead atoms. The third kappa shape index (κ3) is 17.5. The van der Waals surface area contributed by atoms with Crippen molar-refractivity contribution in [1.82, 2.24) is 5.32 Å². The van der Waals surface area contributed by atoms with E-state index in [1.807, 2.05) is 30.3 Å². The van der Waals surface area contributed by atoms with Crippen LogP contribution in [0.1, 0.15) is 62.0 Å². The summed E-state index contributed by atoms with van der Waals surface area (Å²) in [5.74, 6) is -0.866. The zero-order valence-corrected chi connectivity index (χ0v) is 29.7. The molecular weight excluding hydrogens is 664 g/mol. The van der Waals surface area contributed by atoms with Gasteiger partial charge in [-0.15, -0.1) is 0 Å². The minimum absolute atomic E-state index is 0.232. The van der Waals surface area contributed by atoms with Gasteiger partial charge in [-0.2, -0.15) is 0 Å². The molecule has 0 aromatic heterocycles. The Hall–Kier alpha value is -6.88. The van der Waals surface area contributed by atoms with Crippen molar-refractivity contribution in [2.45, 2.75) is 40.5 Å². The Balaban J connectivity index is 0.000000386. The summed E-state index contributed by atoms with van der Waals surface area (Å²) < 4.78 is 10.1. The third-order valence-corrected chi connectivity index (χ3v) is 5.67. The monoisotopic (exact) mass is 706 g/mol. The Bertz CT molecular complexity index is 1830. The van der Waals surface area contributed by atoms with Crippen LogP contribution in [0.5, 0.6) is 5.75 Å². The molecule has 52 heavy (non-hydrogen) atoms. The van der Waals surface area contributed by atoms with E-state index in [1.54, 1.807) is 92.0 Å². The molecule has 1 aliphatic heterocycles. The number of aliphatic carboxylic acids is 1. The van der Waals surface area contributed by atoms with Crippen LogP contribution in [0.15, 0.2) is 130 Å². The lowest BCUT2D eigenvalue weighted by Gasteiger charge is -2.00. The fourth-order valence-corrected chi connectivity index (χ4v) is 3.51. The molecule has 2 N–H and O–H groups in total. The molecule has 4 aromatic carbocycles. The Morgan fingerprint density at radius 3 is 1.75 bits per heavy atom. The van der Waals surface area contributed by atoms with Gasteiger partial charge in [0.05, 0.1) is 7.11 Å². The molecule has 1 heterocycles. The number of carbonyl (C=O) groups is 3. The first-order valence-corrected chi connectivity index (χ1v) is 16.1.